The van der Waals surface area contributed by atoms with Crippen LogP contribution in [-0.4, -0.2) is 62.9 Å². The fraction of sp³-hybridized carbons (Fsp3) is 0. The largest absolute Gasteiger partial charge is 0.504 e. The van der Waals surface area contributed by atoms with E-state index in [2.05, 4.69) is 41.0 Å². The first-order valence-corrected chi connectivity index (χ1v) is 15.1. The number of aromatic hydroxyl groups is 1. The number of anilines is 3. The second-order valence-corrected chi connectivity index (χ2v) is 11.8. The van der Waals surface area contributed by atoms with Crippen molar-refractivity contribution in [3.63, 3.8) is 0 Å². The summed E-state index contributed by atoms with van der Waals surface area (Å²) < 4.78 is 66.1. The normalized spacial score (nSPS) is 12.3. The minimum atomic E-state index is -4.85. The number of hydrazone groups is 1. The smallest absolute Gasteiger partial charge is 0.337 e. The van der Waals surface area contributed by atoms with Gasteiger partial charge in [-0.3, -0.25) is 14.5 Å². The molecule has 17 nitrogen and oxygen atoms in total. The molecule has 6 N–H and O–H groups in total. The van der Waals surface area contributed by atoms with E-state index in [1.807, 2.05) is 0 Å². The Morgan fingerprint density at radius 2 is 1.43 bits per heavy atom. The summed E-state index contributed by atoms with van der Waals surface area (Å²) >= 11 is 11.5. The van der Waals surface area contributed by atoms with Gasteiger partial charge in [-0.25, -0.2) is 4.79 Å². The third kappa shape index (κ3) is 7.98. The molecule has 0 bridgehead atoms. The topological polar surface area (TPSA) is 266 Å². The van der Waals surface area contributed by atoms with E-state index in [1.54, 1.807) is 18.2 Å². The van der Waals surface area contributed by atoms with E-state index >= 15 is 0 Å². The summed E-state index contributed by atoms with van der Waals surface area (Å²) in [5, 5.41) is 33.9. The molecule has 44 heavy (non-hydrogen) atoms. The Morgan fingerprint density at radius 3 is 2.02 bits per heavy atom. The Morgan fingerprint density at radius 1 is 0.818 bits per heavy atom. The number of halogens is 2. The molecule has 3 aromatic carbocycles. The number of aromatic carboxylic acids is 1. The van der Waals surface area contributed by atoms with Crippen LogP contribution in [0.15, 0.2) is 85.8 Å². The number of hydrogen-bond donors (Lipinski definition) is 6. The van der Waals surface area contributed by atoms with Gasteiger partial charge < -0.3 is 15.5 Å². The number of aromatic nitrogens is 3. The van der Waals surface area contributed by atoms with Crippen LogP contribution in [-0.2, 0) is 20.2 Å². The average molecular weight is 683 g/mol. The van der Waals surface area contributed by atoms with E-state index in [-0.39, 0.29) is 33.6 Å². The zero-order valence-electron chi connectivity index (χ0n) is 21.4. The summed E-state index contributed by atoms with van der Waals surface area (Å²) in [6, 6.07) is 12.1. The maximum absolute atomic E-state index is 12.0. The fourth-order valence-electron chi connectivity index (χ4n) is 3.32. The first-order chi connectivity index (χ1) is 20.6. The van der Waals surface area contributed by atoms with Crippen LogP contribution in [0.1, 0.15) is 15.9 Å². The van der Waals surface area contributed by atoms with Crippen LogP contribution in [0.3, 0.4) is 0 Å². The summed E-state index contributed by atoms with van der Waals surface area (Å²) in [4.78, 5) is 21.4. The van der Waals surface area contributed by atoms with Gasteiger partial charge in [0, 0.05) is 5.56 Å². The Hall–Kier alpha value is -4.79. The number of nitrogens with one attached hydrogen (secondary N) is 2. The maximum Gasteiger partial charge on any atom is 0.337 e. The van der Waals surface area contributed by atoms with Gasteiger partial charge in [-0.1, -0.05) is 30.3 Å². The predicted octanol–water partition coefficient (Wildman–Crippen LogP) is 4.38. The quantitative estimate of drug-likeness (QED) is 0.0357. The predicted molar refractivity (Wildman–Crippen MR) is 155 cm³/mol. The Labute approximate surface area is 257 Å². The highest BCUT2D eigenvalue weighted by atomic mass is 35.5. The van der Waals surface area contributed by atoms with Crippen molar-refractivity contribution in [1.29, 1.82) is 0 Å². The molecule has 228 valence electrons. The number of carboxylic acid groups (broad SMARTS) is 1. The first-order valence-electron chi connectivity index (χ1n) is 11.5. The molecule has 0 amide bonds. The van der Waals surface area contributed by atoms with Crippen LogP contribution in [0.5, 0.6) is 5.75 Å². The zero-order chi connectivity index (χ0) is 32.2. The molecule has 0 saturated carbocycles. The second kappa shape index (κ2) is 12.8. The molecule has 0 aliphatic heterocycles. The maximum atomic E-state index is 12.0. The second-order valence-electron chi connectivity index (χ2n) is 8.24. The monoisotopic (exact) mass is 682 g/mol. The van der Waals surface area contributed by atoms with Crippen molar-refractivity contribution in [3.8, 4) is 5.75 Å². The molecule has 0 fully saturated rings. The molecule has 0 spiro atoms. The number of phenolic OH excluding ortho intramolecular Hbond substituents is 1. The zero-order valence-corrected chi connectivity index (χ0v) is 24.5. The molecule has 21 heteroatoms. The molecule has 1 aromatic heterocycles. The molecule has 4 aromatic rings. The molecule has 0 aliphatic rings. The van der Waals surface area contributed by atoms with Crippen LogP contribution in [0.2, 0.25) is 10.6 Å². The van der Waals surface area contributed by atoms with Gasteiger partial charge in [-0.2, -0.15) is 36.9 Å². The number of nitrogens with zero attached hydrogens (tertiary/aromatic N) is 6. The van der Waals surface area contributed by atoms with Crippen LogP contribution < -0.4 is 10.7 Å². The minimum absolute atomic E-state index is 0.268. The van der Waals surface area contributed by atoms with Crippen molar-refractivity contribution in [2.75, 3.05) is 10.7 Å². The van der Waals surface area contributed by atoms with Gasteiger partial charge in [-0.05, 0) is 53.5 Å². The van der Waals surface area contributed by atoms with Crippen molar-refractivity contribution < 1.29 is 40.9 Å². The van der Waals surface area contributed by atoms with E-state index in [0.717, 1.165) is 30.3 Å². The Kier molecular flexibility index (Phi) is 9.37. The summed E-state index contributed by atoms with van der Waals surface area (Å²) in [6.45, 7) is 0. The van der Waals surface area contributed by atoms with Crippen molar-refractivity contribution >= 4 is 78.3 Å². The molecule has 0 aliphatic carbocycles. The highest BCUT2D eigenvalue weighted by Gasteiger charge is 2.20. The summed E-state index contributed by atoms with van der Waals surface area (Å²) in [7, 11) is -9.58. The Bertz CT molecular complexity index is 2030. The van der Waals surface area contributed by atoms with Gasteiger partial charge in [0.25, 0.3) is 20.2 Å². The molecular weight excluding hydrogens is 667 g/mol. The van der Waals surface area contributed by atoms with Crippen LogP contribution in [0, 0.1) is 0 Å². The van der Waals surface area contributed by atoms with E-state index < -0.39 is 58.7 Å². The summed E-state index contributed by atoms with van der Waals surface area (Å²) in [5.41, 5.74) is 0.974. The number of carboxylic acids is 1. The van der Waals surface area contributed by atoms with Gasteiger partial charge in [0.15, 0.2) is 5.75 Å². The number of benzene rings is 3. The lowest BCUT2D eigenvalue weighted by Crippen LogP contribution is -2.06. The molecule has 0 saturated heterocycles. The van der Waals surface area contributed by atoms with Gasteiger partial charge in [0.05, 0.1) is 21.0 Å². The molecule has 0 atom stereocenters. The highest BCUT2D eigenvalue weighted by molar-refractivity contribution is 7.86. The summed E-state index contributed by atoms with van der Waals surface area (Å²) in [5.74, 6) is -2.72. The van der Waals surface area contributed by atoms with E-state index in [0.29, 0.717) is 0 Å². The number of amidine groups is 1. The van der Waals surface area contributed by atoms with Crippen molar-refractivity contribution in [3.05, 3.63) is 82.4 Å². The van der Waals surface area contributed by atoms with Crippen molar-refractivity contribution in [2.45, 2.75) is 9.79 Å². The van der Waals surface area contributed by atoms with Gasteiger partial charge >= 0.3 is 5.97 Å². The third-order valence-electron chi connectivity index (χ3n) is 5.27. The number of azo groups is 1. The van der Waals surface area contributed by atoms with E-state index in [1.165, 1.54) is 12.1 Å². The standard InChI is InChI=1S/C23H16Cl2N8O9S2/c24-21-27-22(25)29-23(28-21)26-16-9-13(44(40,41)42)10-17(18(16)34)31-33-19(11-4-2-1-3-5-11)32-30-15-8-12(43(37,38)39)6-7-14(15)20(35)36/h1-10,31,34H,(H,35,36)(H,37,38,39)(H,40,41,42)(H,26,27,28,29)/b32-30?,33-19+. The van der Waals surface area contributed by atoms with E-state index in [4.69, 9.17) is 23.2 Å². The fourth-order valence-corrected chi connectivity index (χ4v) is 4.72. The van der Waals surface area contributed by atoms with Crippen molar-refractivity contribution in [2.24, 2.45) is 15.3 Å². The van der Waals surface area contributed by atoms with Crippen LogP contribution in [0.4, 0.5) is 23.0 Å². The first kappa shape index (κ1) is 32.1. The van der Waals surface area contributed by atoms with Crippen LogP contribution in [0.25, 0.3) is 0 Å². The lowest BCUT2D eigenvalue weighted by Gasteiger charge is -2.13. The van der Waals surface area contributed by atoms with Crippen LogP contribution >= 0.6 is 23.2 Å². The SMILES string of the molecule is O=C(O)c1ccc(S(=O)(=O)O)cc1N=N/C(=N/Nc1cc(S(=O)(=O)O)cc(Nc2nc(Cl)nc(Cl)n2)c1O)c1ccccc1. The number of hydrogen-bond acceptors (Lipinski definition) is 13. The minimum Gasteiger partial charge on any atom is -0.504 e. The molecule has 0 unspecified atom stereocenters. The van der Waals surface area contributed by atoms with E-state index in [9.17, 15) is 40.9 Å². The Balaban J connectivity index is 1.81. The van der Waals surface area contributed by atoms with Gasteiger partial charge in [0.1, 0.15) is 11.4 Å². The van der Waals surface area contributed by atoms with Gasteiger partial charge in [0.2, 0.25) is 22.4 Å². The van der Waals surface area contributed by atoms with Crippen molar-refractivity contribution in [1.82, 2.24) is 15.0 Å². The molecule has 4 rings (SSSR count). The lowest BCUT2D eigenvalue weighted by atomic mass is 10.2. The van der Waals surface area contributed by atoms with Gasteiger partial charge in [-0.15, -0.1) is 10.2 Å². The molecule has 0 radical (unpaired) electrons. The third-order valence-corrected chi connectivity index (χ3v) is 7.29. The molecular formula is C23H16Cl2N8O9S2. The number of phenols is 1. The summed E-state index contributed by atoms with van der Waals surface area (Å²) in [6.07, 6.45) is 0. The average Bonchev–Trinajstić information content (AvgIpc) is 2.93. The lowest BCUT2D eigenvalue weighted by molar-refractivity contribution is 0.0697. The number of carbonyl (C=O) groups is 1. The number of rotatable bonds is 9. The highest BCUT2D eigenvalue weighted by Crippen LogP contribution is 2.37. The molecule has 1 heterocycles.